The van der Waals surface area contributed by atoms with Crippen LogP contribution in [0.3, 0.4) is 0 Å². The summed E-state index contributed by atoms with van der Waals surface area (Å²) in [5.74, 6) is 0.752. The van der Waals surface area contributed by atoms with Crippen molar-refractivity contribution in [3.63, 3.8) is 0 Å². The van der Waals surface area contributed by atoms with Crippen LogP contribution in [0.4, 0.5) is 0 Å². The van der Waals surface area contributed by atoms with Crippen LogP contribution in [-0.2, 0) is 17.9 Å². The van der Waals surface area contributed by atoms with Gasteiger partial charge in [0.05, 0.1) is 13.1 Å². The topological polar surface area (TPSA) is 83.3 Å². The second-order valence-corrected chi connectivity index (χ2v) is 6.57. The number of rotatable bonds is 9. The van der Waals surface area contributed by atoms with Crippen LogP contribution in [-0.4, -0.2) is 40.8 Å². The van der Waals surface area contributed by atoms with Gasteiger partial charge in [0.25, 0.3) is 0 Å². The molecule has 154 valence electrons. The Labute approximate surface area is 184 Å². The molecular weight excluding hydrogens is 467 g/mol. The van der Waals surface area contributed by atoms with E-state index >= 15 is 0 Å². The van der Waals surface area contributed by atoms with Crippen molar-refractivity contribution < 1.29 is 4.79 Å². The Morgan fingerprint density at radius 3 is 2.57 bits per heavy atom. The molecule has 8 heteroatoms. The van der Waals surface area contributed by atoms with Gasteiger partial charge in [-0.1, -0.05) is 24.3 Å². The van der Waals surface area contributed by atoms with Gasteiger partial charge in [0, 0.05) is 37.9 Å². The van der Waals surface area contributed by atoms with E-state index in [0.717, 1.165) is 18.7 Å². The predicted molar refractivity (Wildman–Crippen MR) is 124 cm³/mol. The molecule has 0 saturated carbocycles. The van der Waals surface area contributed by atoms with Crippen LogP contribution in [0.5, 0.6) is 0 Å². The van der Waals surface area contributed by atoms with Crippen LogP contribution in [0, 0.1) is 0 Å². The molecule has 0 aliphatic rings. The Morgan fingerprint density at radius 1 is 1.18 bits per heavy atom. The number of carbonyl (C=O) groups excluding carboxylic acids is 1. The summed E-state index contributed by atoms with van der Waals surface area (Å²) in [7, 11) is 0. The standard InChI is InChI=1S/C20H30N6O.HI/c1-4-21-20(22-12-10-19(27)25-16(2)3)23-14-17-8-5-6-9-18(17)15-26-13-7-11-24-26;/h5-9,11,13,16H,4,10,12,14-15H2,1-3H3,(H,25,27)(H2,21,22,23);1H. The first-order valence-corrected chi connectivity index (χ1v) is 9.44. The molecule has 28 heavy (non-hydrogen) atoms. The Balaban J connectivity index is 0.00000392. The van der Waals surface area contributed by atoms with Crippen molar-refractivity contribution in [1.82, 2.24) is 25.7 Å². The summed E-state index contributed by atoms with van der Waals surface area (Å²) in [6.07, 6.45) is 4.15. The van der Waals surface area contributed by atoms with E-state index in [-0.39, 0.29) is 35.9 Å². The highest BCUT2D eigenvalue weighted by atomic mass is 127. The van der Waals surface area contributed by atoms with E-state index in [4.69, 9.17) is 0 Å². The smallest absolute Gasteiger partial charge is 0.221 e. The molecule has 0 fully saturated rings. The summed E-state index contributed by atoms with van der Waals surface area (Å²) in [6.45, 7) is 8.52. The van der Waals surface area contributed by atoms with E-state index in [9.17, 15) is 4.79 Å². The number of guanidine groups is 1. The molecular formula is C20H31IN6O. The lowest BCUT2D eigenvalue weighted by Gasteiger charge is -2.13. The molecule has 0 aliphatic carbocycles. The highest BCUT2D eigenvalue weighted by Crippen LogP contribution is 2.11. The van der Waals surface area contributed by atoms with Gasteiger partial charge in [0.15, 0.2) is 5.96 Å². The van der Waals surface area contributed by atoms with E-state index in [0.29, 0.717) is 25.5 Å². The van der Waals surface area contributed by atoms with Gasteiger partial charge in [-0.15, -0.1) is 24.0 Å². The maximum Gasteiger partial charge on any atom is 0.221 e. The fraction of sp³-hybridized carbons (Fsp3) is 0.450. The molecule has 7 nitrogen and oxygen atoms in total. The Morgan fingerprint density at radius 2 is 1.93 bits per heavy atom. The molecule has 1 aromatic carbocycles. The van der Waals surface area contributed by atoms with Crippen molar-refractivity contribution in [3.8, 4) is 0 Å². The van der Waals surface area contributed by atoms with Crippen molar-refractivity contribution in [2.24, 2.45) is 4.99 Å². The van der Waals surface area contributed by atoms with Gasteiger partial charge >= 0.3 is 0 Å². The van der Waals surface area contributed by atoms with Gasteiger partial charge < -0.3 is 16.0 Å². The number of nitrogens with one attached hydrogen (secondary N) is 3. The van der Waals surface area contributed by atoms with Crippen molar-refractivity contribution in [1.29, 1.82) is 0 Å². The van der Waals surface area contributed by atoms with Crippen LogP contribution in [0.15, 0.2) is 47.7 Å². The van der Waals surface area contributed by atoms with Crippen LogP contribution in [0.1, 0.15) is 38.3 Å². The molecule has 0 spiro atoms. The van der Waals surface area contributed by atoms with E-state index < -0.39 is 0 Å². The number of carbonyl (C=O) groups is 1. The second-order valence-electron chi connectivity index (χ2n) is 6.57. The van der Waals surface area contributed by atoms with Crippen LogP contribution in [0.25, 0.3) is 0 Å². The molecule has 0 aliphatic heterocycles. The van der Waals surface area contributed by atoms with Crippen molar-refractivity contribution >= 4 is 35.8 Å². The van der Waals surface area contributed by atoms with Crippen molar-refractivity contribution in [2.45, 2.75) is 46.3 Å². The van der Waals surface area contributed by atoms with Crippen LogP contribution >= 0.6 is 24.0 Å². The zero-order valence-corrected chi connectivity index (χ0v) is 19.1. The molecule has 0 bridgehead atoms. The van der Waals surface area contributed by atoms with Crippen molar-refractivity contribution in [2.75, 3.05) is 13.1 Å². The van der Waals surface area contributed by atoms with Crippen LogP contribution < -0.4 is 16.0 Å². The number of nitrogens with zero attached hydrogens (tertiary/aromatic N) is 3. The molecule has 3 N–H and O–H groups in total. The van der Waals surface area contributed by atoms with Crippen molar-refractivity contribution in [3.05, 3.63) is 53.9 Å². The van der Waals surface area contributed by atoms with Gasteiger partial charge in [0.2, 0.25) is 5.91 Å². The number of aliphatic imine (C=N–C) groups is 1. The van der Waals surface area contributed by atoms with Gasteiger partial charge in [0.1, 0.15) is 0 Å². The number of aromatic nitrogens is 2. The minimum atomic E-state index is 0. The SMILES string of the molecule is CCNC(=NCc1ccccc1Cn1cccn1)NCCC(=O)NC(C)C.I. The summed E-state index contributed by atoms with van der Waals surface area (Å²) in [6, 6.07) is 10.3. The predicted octanol–water partition coefficient (Wildman–Crippen LogP) is 2.52. The summed E-state index contributed by atoms with van der Waals surface area (Å²) in [4.78, 5) is 16.4. The average Bonchev–Trinajstić information content (AvgIpc) is 3.13. The highest BCUT2D eigenvalue weighted by Gasteiger charge is 2.06. The van der Waals surface area contributed by atoms with E-state index in [2.05, 4.69) is 38.2 Å². The largest absolute Gasteiger partial charge is 0.357 e. The fourth-order valence-corrected chi connectivity index (χ4v) is 2.63. The number of hydrogen-bond acceptors (Lipinski definition) is 3. The molecule has 1 aromatic heterocycles. The number of benzene rings is 1. The highest BCUT2D eigenvalue weighted by molar-refractivity contribution is 14.0. The number of halogens is 1. The van der Waals surface area contributed by atoms with Gasteiger partial charge in [-0.25, -0.2) is 4.99 Å². The number of hydrogen-bond donors (Lipinski definition) is 3. The van der Waals surface area contributed by atoms with Gasteiger partial charge in [-0.3, -0.25) is 9.48 Å². The summed E-state index contributed by atoms with van der Waals surface area (Å²) in [5, 5.41) is 13.6. The monoisotopic (exact) mass is 498 g/mol. The van der Waals surface area contributed by atoms with E-state index in [1.165, 1.54) is 5.56 Å². The lowest BCUT2D eigenvalue weighted by Crippen LogP contribution is -2.40. The molecule has 0 atom stereocenters. The zero-order valence-electron chi connectivity index (χ0n) is 16.8. The zero-order chi connectivity index (χ0) is 19.5. The quantitative estimate of drug-likeness (QED) is 0.282. The van der Waals surface area contributed by atoms with E-state index in [1.807, 2.05) is 49.8 Å². The first-order valence-electron chi connectivity index (χ1n) is 9.44. The number of amides is 1. The molecule has 1 heterocycles. The normalized spacial score (nSPS) is 11.1. The Kier molecular flexibility index (Phi) is 11.2. The average molecular weight is 498 g/mol. The lowest BCUT2D eigenvalue weighted by atomic mass is 10.1. The summed E-state index contributed by atoms with van der Waals surface area (Å²) in [5.41, 5.74) is 2.35. The maximum absolute atomic E-state index is 11.7. The minimum Gasteiger partial charge on any atom is -0.357 e. The first-order chi connectivity index (χ1) is 13.1. The molecule has 1 amide bonds. The summed E-state index contributed by atoms with van der Waals surface area (Å²) >= 11 is 0. The third kappa shape index (κ3) is 8.73. The molecule has 2 rings (SSSR count). The lowest BCUT2D eigenvalue weighted by molar-refractivity contribution is -0.121. The summed E-state index contributed by atoms with van der Waals surface area (Å²) < 4.78 is 1.90. The molecule has 2 aromatic rings. The minimum absolute atomic E-state index is 0. The molecule has 0 radical (unpaired) electrons. The van der Waals surface area contributed by atoms with Crippen LogP contribution in [0.2, 0.25) is 0 Å². The Hall–Kier alpha value is -2.10. The third-order valence-electron chi connectivity index (χ3n) is 3.86. The molecule has 0 unspecified atom stereocenters. The van der Waals surface area contributed by atoms with Gasteiger partial charge in [-0.05, 0) is 38.0 Å². The maximum atomic E-state index is 11.7. The molecule has 0 saturated heterocycles. The first kappa shape index (κ1) is 23.9. The second kappa shape index (κ2) is 13.1. The van der Waals surface area contributed by atoms with Gasteiger partial charge in [-0.2, -0.15) is 5.10 Å². The Bertz CT molecular complexity index is 730. The van der Waals surface area contributed by atoms with E-state index in [1.54, 1.807) is 6.20 Å². The third-order valence-corrected chi connectivity index (χ3v) is 3.86. The fourth-order valence-electron chi connectivity index (χ4n) is 2.63.